The highest BCUT2D eigenvalue weighted by Crippen LogP contribution is 2.44. The molecule has 0 radical (unpaired) electrons. The van der Waals surface area contributed by atoms with Crippen LogP contribution in [0.3, 0.4) is 0 Å². The molecule has 4 rings (SSSR count). The molecule has 1 aliphatic rings. The Hall–Kier alpha value is -3.28. The maximum atomic E-state index is 12.5. The summed E-state index contributed by atoms with van der Waals surface area (Å²) < 4.78 is 13.1. The van der Waals surface area contributed by atoms with Crippen LogP contribution in [0.2, 0.25) is 0 Å². The number of methoxy groups -OCH3 is 1. The summed E-state index contributed by atoms with van der Waals surface area (Å²) in [6.45, 7) is 4.49. The van der Waals surface area contributed by atoms with E-state index in [2.05, 4.69) is 10.4 Å². The number of ether oxygens (including phenoxy) is 2. The molecule has 6 heteroatoms. The van der Waals surface area contributed by atoms with E-state index >= 15 is 0 Å². The van der Waals surface area contributed by atoms with Crippen LogP contribution in [0.4, 0.5) is 5.82 Å². The Balaban J connectivity index is 1.83. The number of benzene rings is 2. The number of fused-ring (bicyclic) bond motifs is 1. The third-order valence-electron chi connectivity index (χ3n) is 4.99. The lowest BCUT2D eigenvalue weighted by molar-refractivity contribution is -0.116. The molecule has 0 saturated carbocycles. The molecule has 0 bridgehead atoms. The summed E-state index contributed by atoms with van der Waals surface area (Å²) in [5.74, 6) is 1.85. The van der Waals surface area contributed by atoms with Crippen molar-refractivity contribution in [3.8, 4) is 17.2 Å². The molecule has 0 fully saturated rings. The molecule has 0 spiro atoms. The van der Waals surface area contributed by atoms with Gasteiger partial charge in [-0.05, 0) is 32.0 Å². The van der Waals surface area contributed by atoms with Crippen molar-refractivity contribution in [3.63, 3.8) is 0 Å². The lowest BCUT2D eigenvalue weighted by Gasteiger charge is -2.26. The average molecular weight is 377 g/mol. The number of aromatic nitrogens is 2. The molecule has 0 saturated heterocycles. The van der Waals surface area contributed by atoms with E-state index in [4.69, 9.17) is 9.47 Å². The van der Waals surface area contributed by atoms with Gasteiger partial charge < -0.3 is 14.8 Å². The Morgan fingerprint density at radius 3 is 2.68 bits per heavy atom. The van der Waals surface area contributed by atoms with Gasteiger partial charge in [0, 0.05) is 23.5 Å². The summed E-state index contributed by atoms with van der Waals surface area (Å²) in [5, 5.41) is 7.55. The molecule has 28 heavy (non-hydrogen) atoms. The molecule has 1 atom stereocenters. The molecule has 1 N–H and O–H groups in total. The van der Waals surface area contributed by atoms with Crippen LogP contribution >= 0.6 is 0 Å². The summed E-state index contributed by atoms with van der Waals surface area (Å²) in [6.07, 6.45) is 2.16. The highest BCUT2D eigenvalue weighted by atomic mass is 16.5. The van der Waals surface area contributed by atoms with Crippen molar-refractivity contribution >= 4 is 11.7 Å². The van der Waals surface area contributed by atoms with Gasteiger partial charge in [0.1, 0.15) is 5.82 Å². The minimum Gasteiger partial charge on any atom is -0.493 e. The van der Waals surface area contributed by atoms with Crippen LogP contribution in [0.1, 0.15) is 36.0 Å². The first-order valence-corrected chi connectivity index (χ1v) is 9.37. The minimum absolute atomic E-state index is 0.0448. The summed E-state index contributed by atoms with van der Waals surface area (Å²) in [6, 6.07) is 13.8. The second-order valence-corrected chi connectivity index (χ2v) is 6.81. The Bertz CT molecular complexity index is 1010. The standard InChI is InChI=1S/C22H23N3O3/c1-4-28-21-16(6-5-7-19(21)27-3)17-12-20(26)24-22-18(17)13-23-25(22)15-10-8-14(2)9-11-15/h5-11,13,17H,4,12H2,1-3H3,(H,24,26)/t17-/m1/s1. The quantitative estimate of drug-likeness (QED) is 0.728. The van der Waals surface area contributed by atoms with E-state index < -0.39 is 0 Å². The largest absolute Gasteiger partial charge is 0.493 e. The molecule has 6 nitrogen and oxygen atoms in total. The van der Waals surface area contributed by atoms with Gasteiger partial charge in [-0.3, -0.25) is 4.79 Å². The number of carbonyl (C=O) groups is 1. The summed E-state index contributed by atoms with van der Waals surface area (Å²) in [7, 11) is 1.62. The number of rotatable bonds is 5. The van der Waals surface area contributed by atoms with Gasteiger partial charge in [0.05, 0.1) is 25.6 Å². The van der Waals surface area contributed by atoms with Gasteiger partial charge in [0.25, 0.3) is 0 Å². The Morgan fingerprint density at radius 1 is 1.18 bits per heavy atom. The highest BCUT2D eigenvalue weighted by Gasteiger charge is 2.33. The number of nitrogens with zero attached hydrogens (tertiary/aromatic N) is 2. The first kappa shape index (κ1) is 18.1. The van der Waals surface area contributed by atoms with E-state index in [1.807, 2.05) is 62.5 Å². The van der Waals surface area contributed by atoms with Gasteiger partial charge >= 0.3 is 0 Å². The van der Waals surface area contributed by atoms with Crippen LogP contribution in [0, 0.1) is 6.92 Å². The highest BCUT2D eigenvalue weighted by molar-refractivity contribution is 5.94. The van der Waals surface area contributed by atoms with E-state index in [-0.39, 0.29) is 11.8 Å². The van der Waals surface area contributed by atoms with E-state index in [0.717, 1.165) is 16.8 Å². The fourth-order valence-corrected chi connectivity index (χ4v) is 3.65. The molecule has 1 amide bonds. The van der Waals surface area contributed by atoms with Crippen LogP contribution in [-0.4, -0.2) is 29.4 Å². The van der Waals surface area contributed by atoms with Crippen molar-refractivity contribution in [3.05, 3.63) is 65.4 Å². The number of nitrogens with one attached hydrogen (secondary N) is 1. The third-order valence-corrected chi connectivity index (χ3v) is 4.99. The van der Waals surface area contributed by atoms with E-state index in [1.54, 1.807) is 11.8 Å². The van der Waals surface area contributed by atoms with E-state index in [1.165, 1.54) is 5.56 Å². The van der Waals surface area contributed by atoms with Crippen LogP contribution < -0.4 is 14.8 Å². The van der Waals surface area contributed by atoms with Crippen molar-refractivity contribution in [2.75, 3.05) is 19.0 Å². The summed E-state index contributed by atoms with van der Waals surface area (Å²) in [4.78, 5) is 12.5. The normalized spacial score (nSPS) is 15.7. The van der Waals surface area contributed by atoms with Gasteiger partial charge in [-0.1, -0.05) is 29.8 Å². The van der Waals surface area contributed by atoms with Gasteiger partial charge in [0.15, 0.2) is 11.5 Å². The Labute approximate surface area is 164 Å². The third kappa shape index (κ3) is 3.11. The molecule has 1 aliphatic heterocycles. The molecular weight excluding hydrogens is 354 g/mol. The SMILES string of the molecule is CCOc1c(OC)cccc1[C@H]1CC(=O)Nc2c1cnn2-c1ccc(C)cc1. The fourth-order valence-electron chi connectivity index (χ4n) is 3.65. The molecule has 2 heterocycles. The zero-order chi connectivity index (χ0) is 19.7. The van der Waals surface area contributed by atoms with Crippen LogP contribution in [-0.2, 0) is 4.79 Å². The van der Waals surface area contributed by atoms with Crippen molar-refractivity contribution in [1.29, 1.82) is 0 Å². The van der Waals surface area contributed by atoms with Gasteiger partial charge in [-0.25, -0.2) is 4.68 Å². The summed E-state index contributed by atoms with van der Waals surface area (Å²) in [5.41, 5.74) is 3.98. The van der Waals surface area contributed by atoms with Gasteiger partial charge in [0.2, 0.25) is 5.91 Å². The predicted octanol–water partition coefficient (Wildman–Crippen LogP) is 4.06. The topological polar surface area (TPSA) is 65.4 Å². The monoisotopic (exact) mass is 377 g/mol. The number of anilines is 1. The van der Waals surface area contributed by atoms with Crippen molar-refractivity contribution in [1.82, 2.24) is 9.78 Å². The number of para-hydroxylation sites is 1. The molecular formula is C22H23N3O3. The number of aryl methyl sites for hydroxylation is 1. The average Bonchev–Trinajstić information content (AvgIpc) is 3.12. The van der Waals surface area contributed by atoms with Crippen LogP contribution in [0.5, 0.6) is 11.5 Å². The van der Waals surface area contributed by atoms with Crippen molar-refractivity contribution in [2.45, 2.75) is 26.2 Å². The van der Waals surface area contributed by atoms with E-state index in [0.29, 0.717) is 30.3 Å². The van der Waals surface area contributed by atoms with Crippen molar-refractivity contribution < 1.29 is 14.3 Å². The molecule has 0 aliphatic carbocycles. The van der Waals surface area contributed by atoms with Crippen LogP contribution in [0.15, 0.2) is 48.7 Å². The maximum Gasteiger partial charge on any atom is 0.226 e. The van der Waals surface area contributed by atoms with E-state index in [9.17, 15) is 4.79 Å². The van der Waals surface area contributed by atoms with Gasteiger partial charge in [-0.2, -0.15) is 5.10 Å². The maximum absolute atomic E-state index is 12.5. The molecule has 144 valence electrons. The van der Waals surface area contributed by atoms with Gasteiger partial charge in [-0.15, -0.1) is 0 Å². The molecule has 3 aromatic rings. The zero-order valence-corrected chi connectivity index (χ0v) is 16.2. The first-order valence-electron chi connectivity index (χ1n) is 9.37. The van der Waals surface area contributed by atoms with Crippen molar-refractivity contribution in [2.24, 2.45) is 0 Å². The lowest BCUT2D eigenvalue weighted by Crippen LogP contribution is -2.25. The Morgan fingerprint density at radius 2 is 1.96 bits per heavy atom. The lowest BCUT2D eigenvalue weighted by atomic mass is 9.86. The number of carbonyl (C=O) groups excluding carboxylic acids is 1. The first-order chi connectivity index (χ1) is 13.6. The number of hydrogen-bond acceptors (Lipinski definition) is 4. The molecule has 1 aromatic heterocycles. The summed E-state index contributed by atoms with van der Waals surface area (Å²) >= 11 is 0. The molecule has 2 aromatic carbocycles. The second-order valence-electron chi connectivity index (χ2n) is 6.81. The Kier molecular flexibility index (Phi) is 4.77. The van der Waals surface area contributed by atoms with Crippen LogP contribution in [0.25, 0.3) is 5.69 Å². The fraction of sp³-hybridized carbons (Fsp3) is 0.273. The predicted molar refractivity (Wildman–Crippen MR) is 108 cm³/mol. The molecule has 0 unspecified atom stereocenters. The zero-order valence-electron chi connectivity index (χ0n) is 16.2. The minimum atomic E-state index is -0.153. The smallest absolute Gasteiger partial charge is 0.226 e. The second kappa shape index (κ2) is 7.38. The number of amides is 1. The number of hydrogen-bond donors (Lipinski definition) is 1.